The summed E-state index contributed by atoms with van der Waals surface area (Å²) in [5.41, 5.74) is 3.82. The lowest BCUT2D eigenvalue weighted by molar-refractivity contribution is 0.424. The van der Waals surface area contributed by atoms with Gasteiger partial charge >= 0.3 is 0 Å². The minimum Gasteiger partial charge on any atom is -0.306 e. The molecule has 0 saturated carbocycles. The summed E-state index contributed by atoms with van der Waals surface area (Å²) in [7, 11) is 0. The van der Waals surface area contributed by atoms with Crippen LogP contribution in [0.15, 0.2) is 29.6 Å². The average molecular weight is 302 g/mol. The van der Waals surface area contributed by atoms with Gasteiger partial charge in [0, 0.05) is 23.0 Å². The van der Waals surface area contributed by atoms with Crippen LogP contribution in [0, 0.1) is 5.92 Å². The van der Waals surface area contributed by atoms with Gasteiger partial charge in [-0.3, -0.25) is 0 Å². The third-order valence-electron chi connectivity index (χ3n) is 3.22. The Bertz CT molecular complexity index is 562. The molecule has 3 heteroatoms. The van der Waals surface area contributed by atoms with Gasteiger partial charge < -0.3 is 5.32 Å². The molecule has 2 rings (SSSR count). The van der Waals surface area contributed by atoms with Crippen LogP contribution in [0.3, 0.4) is 0 Å². The van der Waals surface area contributed by atoms with Crippen LogP contribution in [0.25, 0.3) is 11.3 Å². The van der Waals surface area contributed by atoms with Gasteiger partial charge in [0.15, 0.2) is 0 Å². The second-order valence-electron chi connectivity index (χ2n) is 7.02. The first kappa shape index (κ1) is 16.2. The lowest BCUT2D eigenvalue weighted by Gasteiger charge is -2.19. The Morgan fingerprint density at radius 1 is 1.14 bits per heavy atom. The second kappa shape index (κ2) is 6.71. The highest BCUT2D eigenvalue weighted by Crippen LogP contribution is 2.23. The summed E-state index contributed by atoms with van der Waals surface area (Å²) in [5.74, 6) is 0.699. The molecule has 1 N–H and O–H groups in total. The summed E-state index contributed by atoms with van der Waals surface area (Å²) in [5, 5.41) is 6.78. The molecule has 1 heterocycles. The van der Waals surface area contributed by atoms with Crippen molar-refractivity contribution < 1.29 is 0 Å². The van der Waals surface area contributed by atoms with E-state index < -0.39 is 0 Å². The summed E-state index contributed by atoms with van der Waals surface area (Å²) in [6.07, 6.45) is 1.14. The van der Waals surface area contributed by atoms with Gasteiger partial charge in [0.1, 0.15) is 5.01 Å². The van der Waals surface area contributed by atoms with E-state index in [-0.39, 0.29) is 5.54 Å². The van der Waals surface area contributed by atoms with Crippen molar-refractivity contribution in [1.82, 2.24) is 10.3 Å². The van der Waals surface area contributed by atoms with Crippen LogP contribution < -0.4 is 5.32 Å². The Morgan fingerprint density at radius 2 is 1.81 bits per heavy atom. The molecule has 0 amide bonds. The van der Waals surface area contributed by atoms with Gasteiger partial charge in [-0.05, 0) is 38.7 Å². The Morgan fingerprint density at radius 3 is 2.38 bits per heavy atom. The number of rotatable bonds is 5. The van der Waals surface area contributed by atoms with Crippen LogP contribution >= 0.6 is 11.3 Å². The predicted molar refractivity (Wildman–Crippen MR) is 92.7 cm³/mol. The number of nitrogens with zero attached hydrogens (tertiary/aromatic N) is 1. The van der Waals surface area contributed by atoms with Crippen molar-refractivity contribution in [1.29, 1.82) is 0 Å². The van der Waals surface area contributed by atoms with Gasteiger partial charge in [-0.25, -0.2) is 4.98 Å². The molecule has 0 saturated heterocycles. The molecule has 0 aliphatic carbocycles. The van der Waals surface area contributed by atoms with Crippen LogP contribution in [0.4, 0.5) is 0 Å². The van der Waals surface area contributed by atoms with E-state index in [0.717, 1.165) is 23.7 Å². The highest BCUT2D eigenvalue weighted by Gasteiger charge is 2.11. The van der Waals surface area contributed by atoms with Crippen molar-refractivity contribution in [2.75, 3.05) is 0 Å². The van der Waals surface area contributed by atoms with E-state index in [2.05, 4.69) is 69.6 Å². The van der Waals surface area contributed by atoms with Gasteiger partial charge in [0.05, 0.1) is 5.69 Å². The predicted octanol–water partition coefficient (Wildman–Crippen LogP) is 4.90. The first-order valence-electron chi connectivity index (χ1n) is 7.62. The van der Waals surface area contributed by atoms with E-state index in [0.29, 0.717) is 5.92 Å². The minimum atomic E-state index is 0.129. The molecule has 0 spiro atoms. The summed E-state index contributed by atoms with van der Waals surface area (Å²) < 4.78 is 0. The minimum absolute atomic E-state index is 0.129. The molecule has 0 atom stereocenters. The molecule has 0 bridgehead atoms. The van der Waals surface area contributed by atoms with E-state index in [1.54, 1.807) is 11.3 Å². The van der Waals surface area contributed by atoms with Gasteiger partial charge in [-0.15, -0.1) is 11.3 Å². The highest BCUT2D eigenvalue weighted by molar-refractivity contribution is 7.09. The summed E-state index contributed by atoms with van der Waals surface area (Å²) in [4.78, 5) is 4.73. The van der Waals surface area contributed by atoms with Crippen molar-refractivity contribution in [2.45, 2.75) is 53.1 Å². The molecule has 0 radical (unpaired) electrons. The van der Waals surface area contributed by atoms with Crippen LogP contribution in [-0.4, -0.2) is 10.5 Å². The first-order chi connectivity index (χ1) is 9.83. The molecule has 0 fully saturated rings. The largest absolute Gasteiger partial charge is 0.306 e. The van der Waals surface area contributed by atoms with Crippen molar-refractivity contribution in [3.8, 4) is 11.3 Å². The highest BCUT2D eigenvalue weighted by atomic mass is 32.1. The molecule has 0 aliphatic rings. The lowest BCUT2D eigenvalue weighted by Crippen LogP contribution is -2.34. The fraction of sp³-hybridized carbons (Fsp3) is 0.500. The van der Waals surface area contributed by atoms with Crippen LogP contribution in [-0.2, 0) is 13.0 Å². The molecular weight excluding hydrogens is 276 g/mol. The van der Waals surface area contributed by atoms with Crippen LogP contribution in [0.2, 0.25) is 0 Å². The third kappa shape index (κ3) is 5.25. The average Bonchev–Trinajstić information content (AvgIpc) is 2.84. The zero-order valence-electron chi connectivity index (χ0n) is 13.7. The Labute approximate surface area is 132 Å². The van der Waals surface area contributed by atoms with E-state index in [1.165, 1.54) is 11.1 Å². The summed E-state index contributed by atoms with van der Waals surface area (Å²) in [6.45, 7) is 11.9. The molecule has 0 unspecified atom stereocenters. The van der Waals surface area contributed by atoms with Gasteiger partial charge in [0.2, 0.25) is 0 Å². The first-order valence-corrected chi connectivity index (χ1v) is 8.50. The maximum Gasteiger partial charge on any atom is 0.107 e. The Balaban J connectivity index is 2.03. The fourth-order valence-electron chi connectivity index (χ4n) is 2.15. The normalized spacial score (nSPS) is 12.1. The van der Waals surface area contributed by atoms with E-state index in [1.807, 2.05) is 0 Å². The van der Waals surface area contributed by atoms with Crippen LogP contribution in [0.1, 0.15) is 45.2 Å². The molecule has 2 nitrogen and oxygen atoms in total. The molecule has 1 aromatic carbocycles. The van der Waals surface area contributed by atoms with Crippen molar-refractivity contribution in [3.63, 3.8) is 0 Å². The summed E-state index contributed by atoms with van der Waals surface area (Å²) >= 11 is 1.73. The number of hydrogen-bond donors (Lipinski definition) is 1. The molecular formula is C18H26N2S. The maximum atomic E-state index is 4.73. The number of benzene rings is 1. The lowest BCUT2D eigenvalue weighted by atomic mass is 10.0. The Hall–Kier alpha value is -1.19. The van der Waals surface area contributed by atoms with Crippen molar-refractivity contribution in [3.05, 3.63) is 40.2 Å². The molecule has 21 heavy (non-hydrogen) atoms. The number of aromatic nitrogens is 1. The van der Waals surface area contributed by atoms with E-state index in [9.17, 15) is 0 Å². The zero-order chi connectivity index (χ0) is 15.5. The third-order valence-corrected chi connectivity index (χ3v) is 4.06. The second-order valence-corrected chi connectivity index (χ2v) is 7.97. The fourth-order valence-corrected chi connectivity index (χ4v) is 2.89. The number of nitrogens with one attached hydrogen (secondary N) is 1. The number of thiazole rings is 1. The Kier molecular flexibility index (Phi) is 5.17. The van der Waals surface area contributed by atoms with Gasteiger partial charge in [0.25, 0.3) is 0 Å². The monoisotopic (exact) mass is 302 g/mol. The van der Waals surface area contributed by atoms with E-state index >= 15 is 0 Å². The van der Waals surface area contributed by atoms with Crippen molar-refractivity contribution in [2.24, 2.45) is 5.92 Å². The molecule has 114 valence electrons. The standard InChI is InChI=1S/C18H26N2S/c1-13(2)10-14-6-8-15(9-7-14)16-12-21-17(20-16)11-19-18(3,4)5/h6-9,12-13,19H,10-11H2,1-5H3. The number of hydrogen-bond acceptors (Lipinski definition) is 3. The van der Waals surface area contributed by atoms with E-state index in [4.69, 9.17) is 4.98 Å². The van der Waals surface area contributed by atoms with Crippen LogP contribution in [0.5, 0.6) is 0 Å². The molecule has 1 aromatic heterocycles. The summed E-state index contributed by atoms with van der Waals surface area (Å²) in [6, 6.07) is 8.82. The maximum absolute atomic E-state index is 4.73. The van der Waals surface area contributed by atoms with Gasteiger partial charge in [-0.1, -0.05) is 38.1 Å². The van der Waals surface area contributed by atoms with Crippen molar-refractivity contribution >= 4 is 11.3 Å². The van der Waals surface area contributed by atoms with Gasteiger partial charge in [-0.2, -0.15) is 0 Å². The molecule has 2 aromatic rings. The smallest absolute Gasteiger partial charge is 0.107 e. The quantitative estimate of drug-likeness (QED) is 0.850. The zero-order valence-corrected chi connectivity index (χ0v) is 14.6. The SMILES string of the molecule is CC(C)Cc1ccc(-c2csc(CNC(C)(C)C)n2)cc1. The molecule has 0 aliphatic heterocycles. The topological polar surface area (TPSA) is 24.9 Å².